The molecular formula is C21H24N2O4S. The van der Waals surface area contributed by atoms with Crippen LogP contribution >= 0.6 is 11.3 Å². The van der Waals surface area contributed by atoms with Crippen LogP contribution in [0.4, 0.5) is 5.00 Å². The van der Waals surface area contributed by atoms with Gasteiger partial charge < -0.3 is 15.4 Å². The van der Waals surface area contributed by atoms with Gasteiger partial charge in [0.05, 0.1) is 12.2 Å². The average Bonchev–Trinajstić information content (AvgIpc) is 3.03. The molecule has 0 spiro atoms. The first-order chi connectivity index (χ1) is 13.5. The van der Waals surface area contributed by atoms with Gasteiger partial charge >= 0.3 is 5.97 Å². The molecule has 2 aromatic rings. The van der Waals surface area contributed by atoms with Crippen molar-refractivity contribution in [3.8, 4) is 0 Å². The van der Waals surface area contributed by atoms with Crippen LogP contribution in [0.5, 0.6) is 0 Å². The van der Waals surface area contributed by atoms with Crippen molar-refractivity contribution in [1.82, 2.24) is 5.32 Å². The van der Waals surface area contributed by atoms with Crippen molar-refractivity contribution in [3.05, 3.63) is 50.9 Å². The molecule has 0 saturated carbocycles. The molecule has 0 atom stereocenters. The van der Waals surface area contributed by atoms with Gasteiger partial charge in [-0.05, 0) is 68.4 Å². The van der Waals surface area contributed by atoms with E-state index in [1.165, 1.54) is 24.6 Å². The minimum Gasteiger partial charge on any atom is -0.462 e. The predicted molar refractivity (Wildman–Crippen MR) is 109 cm³/mol. The van der Waals surface area contributed by atoms with Crippen LogP contribution in [0.15, 0.2) is 18.2 Å². The number of carbonyl (C=O) groups is 3. The van der Waals surface area contributed by atoms with Gasteiger partial charge in [-0.1, -0.05) is 6.07 Å². The Hall–Kier alpha value is -2.67. The van der Waals surface area contributed by atoms with E-state index in [-0.39, 0.29) is 18.4 Å². The molecule has 0 bridgehead atoms. The summed E-state index contributed by atoms with van der Waals surface area (Å²) in [6.07, 6.45) is 4.33. The van der Waals surface area contributed by atoms with Crippen LogP contribution in [0.25, 0.3) is 0 Å². The van der Waals surface area contributed by atoms with Crippen LogP contribution in [-0.2, 0) is 17.6 Å². The van der Waals surface area contributed by atoms with Crippen LogP contribution in [0.2, 0.25) is 0 Å². The molecule has 148 valence electrons. The summed E-state index contributed by atoms with van der Waals surface area (Å²) >= 11 is 1.06. The molecule has 1 heterocycles. The maximum absolute atomic E-state index is 12.8. The molecule has 0 aliphatic heterocycles. The fourth-order valence-electron chi connectivity index (χ4n) is 3.44. The van der Waals surface area contributed by atoms with E-state index in [9.17, 15) is 14.4 Å². The minimum absolute atomic E-state index is 0.238. The summed E-state index contributed by atoms with van der Waals surface area (Å²) in [5.41, 5.74) is 3.85. The van der Waals surface area contributed by atoms with Crippen molar-refractivity contribution in [2.75, 3.05) is 19.0 Å². The predicted octanol–water partition coefficient (Wildman–Crippen LogP) is 3.72. The Kier molecular flexibility index (Phi) is 6.14. The lowest BCUT2D eigenvalue weighted by atomic mass is 9.90. The SMILES string of the molecule is CCOC(=O)c1sc(NC(=O)c2ccc3c(c2)CCCC3)c(C(=O)NC)c1C. The molecule has 1 aromatic heterocycles. The van der Waals surface area contributed by atoms with Crippen LogP contribution < -0.4 is 10.6 Å². The van der Waals surface area contributed by atoms with Crippen LogP contribution in [-0.4, -0.2) is 31.4 Å². The molecule has 28 heavy (non-hydrogen) atoms. The van der Waals surface area contributed by atoms with Crippen LogP contribution in [0, 0.1) is 6.92 Å². The van der Waals surface area contributed by atoms with E-state index >= 15 is 0 Å². The molecule has 0 saturated heterocycles. The average molecular weight is 401 g/mol. The Morgan fingerprint density at radius 2 is 1.82 bits per heavy atom. The third kappa shape index (κ3) is 3.94. The molecule has 2 amide bonds. The van der Waals surface area contributed by atoms with Crippen molar-refractivity contribution in [2.45, 2.75) is 39.5 Å². The van der Waals surface area contributed by atoms with Gasteiger partial charge in [0.1, 0.15) is 9.88 Å². The first-order valence-corrected chi connectivity index (χ1v) is 10.2. The highest BCUT2D eigenvalue weighted by atomic mass is 32.1. The molecule has 1 aromatic carbocycles. The van der Waals surface area contributed by atoms with E-state index in [0.717, 1.165) is 30.6 Å². The summed E-state index contributed by atoms with van der Waals surface area (Å²) in [5, 5.41) is 5.73. The number of hydrogen-bond acceptors (Lipinski definition) is 5. The van der Waals surface area contributed by atoms with E-state index in [0.29, 0.717) is 26.6 Å². The topological polar surface area (TPSA) is 84.5 Å². The van der Waals surface area contributed by atoms with Crippen LogP contribution in [0.3, 0.4) is 0 Å². The number of esters is 1. The largest absolute Gasteiger partial charge is 0.462 e. The molecular weight excluding hydrogens is 376 g/mol. The molecule has 6 nitrogen and oxygen atoms in total. The first-order valence-electron chi connectivity index (χ1n) is 9.42. The van der Waals surface area contributed by atoms with Gasteiger partial charge in [0, 0.05) is 12.6 Å². The summed E-state index contributed by atoms with van der Waals surface area (Å²) in [5.74, 6) is -1.15. The number of benzene rings is 1. The van der Waals surface area contributed by atoms with Crippen molar-refractivity contribution in [1.29, 1.82) is 0 Å². The number of rotatable bonds is 5. The van der Waals surface area contributed by atoms with Gasteiger partial charge in [0.25, 0.3) is 11.8 Å². The van der Waals surface area contributed by atoms with Gasteiger partial charge in [0.15, 0.2) is 0 Å². The third-order valence-corrected chi connectivity index (χ3v) is 6.09. The van der Waals surface area contributed by atoms with Crippen LogP contribution in [0.1, 0.15) is 66.8 Å². The molecule has 7 heteroatoms. The maximum Gasteiger partial charge on any atom is 0.348 e. The van der Waals surface area contributed by atoms with Gasteiger partial charge in [-0.25, -0.2) is 4.79 Å². The zero-order chi connectivity index (χ0) is 20.3. The monoisotopic (exact) mass is 400 g/mol. The van der Waals surface area contributed by atoms with E-state index in [1.54, 1.807) is 13.8 Å². The summed E-state index contributed by atoms with van der Waals surface area (Å²) in [6.45, 7) is 3.64. The van der Waals surface area contributed by atoms with Gasteiger partial charge in [-0.3, -0.25) is 9.59 Å². The number of thiophene rings is 1. The molecule has 1 aliphatic carbocycles. The normalized spacial score (nSPS) is 12.8. The highest BCUT2D eigenvalue weighted by Crippen LogP contribution is 2.34. The number of fused-ring (bicyclic) bond motifs is 1. The molecule has 1 aliphatic rings. The number of carbonyl (C=O) groups excluding carboxylic acids is 3. The lowest BCUT2D eigenvalue weighted by Gasteiger charge is -2.16. The second kappa shape index (κ2) is 8.56. The standard InChI is InChI=1S/C21H24N2O4S/c1-4-27-21(26)17-12(2)16(19(25)22-3)20(28-17)23-18(24)15-10-9-13-7-5-6-8-14(13)11-15/h9-11H,4-8H2,1-3H3,(H,22,25)(H,23,24). The molecule has 0 fully saturated rings. The Balaban J connectivity index is 1.92. The maximum atomic E-state index is 12.8. The number of ether oxygens (including phenoxy) is 1. The van der Waals surface area contributed by atoms with E-state index in [1.807, 2.05) is 18.2 Å². The lowest BCUT2D eigenvalue weighted by Crippen LogP contribution is -2.21. The number of aryl methyl sites for hydroxylation is 2. The van der Waals surface area contributed by atoms with Gasteiger partial charge in [-0.15, -0.1) is 11.3 Å². The quantitative estimate of drug-likeness (QED) is 0.749. The van der Waals surface area contributed by atoms with Crippen molar-refractivity contribution < 1.29 is 19.1 Å². The zero-order valence-corrected chi connectivity index (χ0v) is 17.1. The lowest BCUT2D eigenvalue weighted by molar-refractivity contribution is 0.0531. The molecule has 0 radical (unpaired) electrons. The van der Waals surface area contributed by atoms with Gasteiger partial charge in [-0.2, -0.15) is 0 Å². The van der Waals surface area contributed by atoms with Crippen molar-refractivity contribution >= 4 is 34.1 Å². The highest BCUT2D eigenvalue weighted by Gasteiger charge is 2.26. The third-order valence-electron chi connectivity index (χ3n) is 4.90. The molecule has 0 unspecified atom stereocenters. The van der Waals surface area contributed by atoms with E-state index < -0.39 is 5.97 Å². The first kappa shape index (κ1) is 20.1. The fourth-order valence-corrected chi connectivity index (χ4v) is 4.53. The summed E-state index contributed by atoms with van der Waals surface area (Å²) in [6, 6.07) is 5.74. The number of nitrogens with one attached hydrogen (secondary N) is 2. The van der Waals surface area contributed by atoms with Crippen molar-refractivity contribution in [3.63, 3.8) is 0 Å². The van der Waals surface area contributed by atoms with E-state index in [4.69, 9.17) is 4.74 Å². The number of anilines is 1. The van der Waals surface area contributed by atoms with Crippen molar-refractivity contribution in [2.24, 2.45) is 0 Å². The Bertz CT molecular complexity index is 933. The zero-order valence-electron chi connectivity index (χ0n) is 16.3. The Morgan fingerprint density at radius 3 is 2.50 bits per heavy atom. The second-order valence-electron chi connectivity index (χ2n) is 6.70. The molecule has 3 rings (SSSR count). The Morgan fingerprint density at radius 1 is 1.11 bits per heavy atom. The molecule has 2 N–H and O–H groups in total. The minimum atomic E-state index is -0.496. The second-order valence-corrected chi connectivity index (χ2v) is 7.73. The summed E-state index contributed by atoms with van der Waals surface area (Å²) in [7, 11) is 1.51. The number of hydrogen-bond donors (Lipinski definition) is 2. The fraction of sp³-hybridized carbons (Fsp3) is 0.381. The van der Waals surface area contributed by atoms with Gasteiger partial charge in [0.2, 0.25) is 0 Å². The van der Waals surface area contributed by atoms with E-state index in [2.05, 4.69) is 10.6 Å². The Labute approximate surface area is 168 Å². The summed E-state index contributed by atoms with van der Waals surface area (Å²) in [4.78, 5) is 37.7. The smallest absolute Gasteiger partial charge is 0.348 e. The number of amides is 2. The highest BCUT2D eigenvalue weighted by molar-refractivity contribution is 7.18. The summed E-state index contributed by atoms with van der Waals surface area (Å²) < 4.78 is 5.07.